The molecule has 0 radical (unpaired) electrons. The van der Waals surface area contributed by atoms with Gasteiger partial charge < -0.3 is 5.21 Å². The number of para-hydroxylation sites is 1. The summed E-state index contributed by atoms with van der Waals surface area (Å²) in [6.45, 7) is 0. The number of hydrogen-bond donors (Lipinski definition) is 1. The molecule has 0 bridgehead atoms. The summed E-state index contributed by atoms with van der Waals surface area (Å²) in [4.78, 5) is 4.56. The fourth-order valence-electron chi connectivity index (χ4n) is 1.84. The molecule has 0 saturated carbocycles. The molecule has 1 aromatic heterocycles. The smallest absolute Gasteiger partial charge is 0.151 e. The minimum absolute atomic E-state index is 0.598. The van der Waals surface area contributed by atoms with Gasteiger partial charge in [0.1, 0.15) is 0 Å². The maximum Gasteiger partial charge on any atom is 0.151 e. The average Bonchev–Trinajstić information content (AvgIpc) is 2.92. The number of rotatable bonds is 4. The third kappa shape index (κ3) is 2.84. The van der Waals surface area contributed by atoms with Crippen LogP contribution in [0.2, 0.25) is 0 Å². The standard InChI is InChI=1S/C15H12N2OS2/c18-17-13(11-6-2-1-3-7-11)10-19-15-16-12-8-4-5-9-14(12)20-15/h1-9,18H,10H2. The highest BCUT2D eigenvalue weighted by atomic mass is 32.2. The number of aromatic nitrogens is 1. The van der Waals surface area contributed by atoms with Crippen molar-refractivity contribution in [2.24, 2.45) is 5.16 Å². The molecule has 100 valence electrons. The van der Waals surface area contributed by atoms with E-state index in [9.17, 15) is 0 Å². The number of hydrogen-bond acceptors (Lipinski definition) is 5. The van der Waals surface area contributed by atoms with Gasteiger partial charge in [-0.2, -0.15) is 0 Å². The molecule has 0 fully saturated rings. The van der Waals surface area contributed by atoms with E-state index in [1.165, 1.54) is 4.70 Å². The Morgan fingerprint density at radius 2 is 1.85 bits per heavy atom. The number of thiazole rings is 1. The van der Waals surface area contributed by atoms with Gasteiger partial charge in [0.05, 0.1) is 15.9 Å². The first kappa shape index (κ1) is 13.1. The number of thioether (sulfide) groups is 1. The zero-order valence-corrected chi connectivity index (χ0v) is 12.2. The molecule has 3 aromatic rings. The molecule has 20 heavy (non-hydrogen) atoms. The van der Waals surface area contributed by atoms with Gasteiger partial charge in [0.15, 0.2) is 4.34 Å². The van der Waals surface area contributed by atoms with E-state index in [1.54, 1.807) is 23.1 Å². The van der Waals surface area contributed by atoms with Crippen LogP contribution in [0.3, 0.4) is 0 Å². The molecular weight excluding hydrogens is 288 g/mol. The van der Waals surface area contributed by atoms with Crippen molar-refractivity contribution < 1.29 is 5.21 Å². The van der Waals surface area contributed by atoms with Crippen LogP contribution < -0.4 is 0 Å². The van der Waals surface area contributed by atoms with Crippen molar-refractivity contribution in [2.45, 2.75) is 4.34 Å². The van der Waals surface area contributed by atoms with Crippen LogP contribution in [0.15, 0.2) is 64.1 Å². The summed E-state index contributed by atoms with van der Waals surface area (Å²) in [6.07, 6.45) is 0. The number of oxime groups is 1. The molecule has 0 unspecified atom stereocenters. The van der Waals surface area contributed by atoms with Crippen LogP contribution in [0.1, 0.15) is 5.56 Å². The van der Waals surface area contributed by atoms with Gasteiger partial charge in [-0.3, -0.25) is 0 Å². The Labute approximate surface area is 125 Å². The van der Waals surface area contributed by atoms with Gasteiger partial charge in [-0.15, -0.1) is 11.3 Å². The van der Waals surface area contributed by atoms with Crippen molar-refractivity contribution in [3.8, 4) is 0 Å². The van der Waals surface area contributed by atoms with Crippen molar-refractivity contribution in [2.75, 3.05) is 5.75 Å². The number of nitrogens with zero attached hydrogens (tertiary/aromatic N) is 2. The van der Waals surface area contributed by atoms with Gasteiger partial charge in [0, 0.05) is 11.3 Å². The summed E-state index contributed by atoms with van der Waals surface area (Å²) in [6, 6.07) is 17.8. The van der Waals surface area contributed by atoms with Crippen molar-refractivity contribution in [1.29, 1.82) is 0 Å². The maximum absolute atomic E-state index is 9.15. The van der Waals surface area contributed by atoms with E-state index < -0.39 is 0 Å². The van der Waals surface area contributed by atoms with Gasteiger partial charge >= 0.3 is 0 Å². The van der Waals surface area contributed by atoms with Crippen LogP contribution in [0.5, 0.6) is 0 Å². The SMILES string of the molecule is ON=C(CSc1nc2ccccc2s1)c1ccccc1. The highest BCUT2D eigenvalue weighted by molar-refractivity contribution is 8.01. The first-order valence-corrected chi connectivity index (χ1v) is 7.92. The zero-order chi connectivity index (χ0) is 13.8. The van der Waals surface area contributed by atoms with Gasteiger partial charge in [0.25, 0.3) is 0 Å². The van der Waals surface area contributed by atoms with Gasteiger partial charge in [-0.25, -0.2) is 4.98 Å². The van der Waals surface area contributed by atoms with Crippen LogP contribution in [-0.4, -0.2) is 21.7 Å². The summed E-state index contributed by atoms with van der Waals surface area (Å²) in [7, 11) is 0. The predicted molar refractivity (Wildman–Crippen MR) is 85.1 cm³/mol. The highest BCUT2D eigenvalue weighted by Gasteiger charge is 2.08. The largest absolute Gasteiger partial charge is 0.411 e. The van der Waals surface area contributed by atoms with Crippen LogP contribution in [0, 0.1) is 0 Å². The molecule has 1 N–H and O–H groups in total. The normalized spacial score (nSPS) is 11.9. The lowest BCUT2D eigenvalue weighted by atomic mass is 10.1. The highest BCUT2D eigenvalue weighted by Crippen LogP contribution is 2.29. The summed E-state index contributed by atoms with van der Waals surface area (Å²) in [5, 5.41) is 12.6. The molecule has 1 heterocycles. The Kier molecular flexibility index (Phi) is 3.99. The Hall–Kier alpha value is -1.85. The van der Waals surface area contributed by atoms with E-state index in [1.807, 2.05) is 48.5 Å². The van der Waals surface area contributed by atoms with Crippen molar-refractivity contribution >= 4 is 39.0 Å². The van der Waals surface area contributed by atoms with Crippen LogP contribution >= 0.6 is 23.1 Å². The second-order valence-corrected chi connectivity index (χ2v) is 6.40. The van der Waals surface area contributed by atoms with Crippen molar-refractivity contribution in [3.63, 3.8) is 0 Å². The molecule has 0 amide bonds. The van der Waals surface area contributed by atoms with Gasteiger partial charge in [-0.1, -0.05) is 59.4 Å². The van der Waals surface area contributed by atoms with Crippen LogP contribution in [-0.2, 0) is 0 Å². The summed E-state index contributed by atoms with van der Waals surface area (Å²) >= 11 is 3.25. The van der Waals surface area contributed by atoms with E-state index in [0.717, 1.165) is 15.4 Å². The molecule has 0 aliphatic carbocycles. The second kappa shape index (κ2) is 6.07. The summed E-state index contributed by atoms with van der Waals surface area (Å²) < 4.78 is 2.17. The molecule has 0 atom stereocenters. The monoisotopic (exact) mass is 300 g/mol. The Morgan fingerprint density at radius 1 is 1.10 bits per heavy atom. The fraction of sp³-hybridized carbons (Fsp3) is 0.0667. The maximum atomic E-state index is 9.15. The molecule has 3 nitrogen and oxygen atoms in total. The lowest BCUT2D eigenvalue weighted by Crippen LogP contribution is -2.03. The molecule has 5 heteroatoms. The predicted octanol–water partition coefficient (Wildman–Crippen LogP) is 4.27. The number of fused-ring (bicyclic) bond motifs is 1. The first-order valence-electron chi connectivity index (χ1n) is 6.11. The second-order valence-electron chi connectivity index (χ2n) is 4.15. The molecule has 0 aliphatic heterocycles. The zero-order valence-electron chi connectivity index (χ0n) is 10.6. The molecule has 0 aliphatic rings. The summed E-state index contributed by atoms with van der Waals surface area (Å²) in [5.41, 5.74) is 2.61. The van der Waals surface area contributed by atoms with E-state index >= 15 is 0 Å². The van der Waals surface area contributed by atoms with Crippen molar-refractivity contribution in [1.82, 2.24) is 4.98 Å². The van der Waals surface area contributed by atoms with Gasteiger partial charge in [-0.05, 0) is 12.1 Å². The molecular formula is C15H12N2OS2. The van der Waals surface area contributed by atoms with Crippen molar-refractivity contribution in [3.05, 3.63) is 60.2 Å². The minimum Gasteiger partial charge on any atom is -0.411 e. The Balaban J connectivity index is 1.75. The molecule has 0 saturated heterocycles. The van der Waals surface area contributed by atoms with Crippen LogP contribution in [0.4, 0.5) is 0 Å². The fourth-order valence-corrected chi connectivity index (χ4v) is 3.87. The quantitative estimate of drug-likeness (QED) is 0.339. The van der Waals surface area contributed by atoms with Crippen LogP contribution in [0.25, 0.3) is 10.2 Å². The van der Waals surface area contributed by atoms with E-state index in [-0.39, 0.29) is 0 Å². The molecule has 2 aromatic carbocycles. The average molecular weight is 300 g/mol. The lowest BCUT2D eigenvalue weighted by molar-refractivity contribution is 0.319. The third-order valence-electron chi connectivity index (χ3n) is 2.83. The number of benzene rings is 2. The van der Waals surface area contributed by atoms with E-state index in [2.05, 4.69) is 16.2 Å². The molecule has 0 spiro atoms. The summed E-state index contributed by atoms with van der Waals surface area (Å²) in [5.74, 6) is 0.598. The first-order chi connectivity index (χ1) is 9.86. The third-order valence-corrected chi connectivity index (χ3v) is 5.02. The minimum atomic E-state index is 0.598. The van der Waals surface area contributed by atoms with E-state index in [4.69, 9.17) is 5.21 Å². The molecule has 3 rings (SSSR count). The Morgan fingerprint density at radius 3 is 2.60 bits per heavy atom. The topological polar surface area (TPSA) is 45.5 Å². The van der Waals surface area contributed by atoms with E-state index in [0.29, 0.717) is 11.5 Å². The van der Waals surface area contributed by atoms with Gasteiger partial charge in [0.2, 0.25) is 0 Å². The lowest BCUT2D eigenvalue weighted by Gasteiger charge is -2.02. The Bertz CT molecular complexity index is 705.